The van der Waals surface area contributed by atoms with Crippen molar-refractivity contribution in [1.82, 2.24) is 4.90 Å². The number of rotatable bonds is 11. The fourth-order valence-electron chi connectivity index (χ4n) is 5.59. The highest BCUT2D eigenvalue weighted by molar-refractivity contribution is 5.90. The van der Waals surface area contributed by atoms with Gasteiger partial charge in [0.2, 0.25) is 5.91 Å². The van der Waals surface area contributed by atoms with E-state index in [1.54, 1.807) is 12.1 Å². The zero-order chi connectivity index (χ0) is 31.1. The first-order valence-corrected chi connectivity index (χ1v) is 15.0. The molecule has 1 amide bonds. The van der Waals surface area contributed by atoms with Crippen LogP contribution >= 0.6 is 0 Å². The van der Waals surface area contributed by atoms with E-state index in [1.165, 1.54) is 0 Å². The molecule has 0 saturated carbocycles. The summed E-state index contributed by atoms with van der Waals surface area (Å²) in [5, 5.41) is 21.1. The Balaban J connectivity index is 1.51. The van der Waals surface area contributed by atoms with E-state index in [0.29, 0.717) is 12.2 Å². The van der Waals surface area contributed by atoms with Crippen LogP contribution in [0.3, 0.4) is 0 Å². The molecule has 5 atom stereocenters. The number of carboxylic acid groups (broad SMARTS) is 1. The van der Waals surface area contributed by atoms with Crippen molar-refractivity contribution in [2.24, 2.45) is 5.92 Å². The number of nitrogens with zero attached hydrogens (tertiary/aromatic N) is 1. The van der Waals surface area contributed by atoms with Crippen LogP contribution in [-0.4, -0.2) is 63.8 Å². The van der Waals surface area contributed by atoms with Crippen LogP contribution in [0, 0.1) is 5.92 Å². The number of anilines is 1. The van der Waals surface area contributed by atoms with Gasteiger partial charge >= 0.3 is 11.9 Å². The molecular weight excluding hydrogens is 552 g/mol. The maximum atomic E-state index is 13.0. The SMILES string of the molecule is CC1C(CN2CCCC2C(=O)OC(C)(C)C)OC(c2ccc(NC(=O)CCCC(=O)O)cc2)OC1c1ccc(CO)cc1. The third kappa shape index (κ3) is 9.09. The van der Waals surface area contributed by atoms with Crippen molar-refractivity contribution >= 4 is 23.5 Å². The molecule has 0 aliphatic carbocycles. The fourth-order valence-corrected chi connectivity index (χ4v) is 5.59. The molecule has 43 heavy (non-hydrogen) atoms. The van der Waals surface area contributed by atoms with Gasteiger partial charge < -0.3 is 29.7 Å². The van der Waals surface area contributed by atoms with Crippen LogP contribution in [0.2, 0.25) is 0 Å². The first kappa shape index (κ1) is 32.6. The quantitative estimate of drug-likeness (QED) is 0.307. The summed E-state index contributed by atoms with van der Waals surface area (Å²) >= 11 is 0. The molecule has 0 radical (unpaired) electrons. The summed E-state index contributed by atoms with van der Waals surface area (Å²) in [6, 6.07) is 14.6. The molecule has 2 aromatic rings. The Bertz CT molecular complexity index is 1240. The Morgan fingerprint density at radius 1 is 1.00 bits per heavy atom. The van der Waals surface area contributed by atoms with E-state index >= 15 is 0 Å². The van der Waals surface area contributed by atoms with Crippen molar-refractivity contribution in [2.45, 2.75) is 96.5 Å². The number of benzene rings is 2. The Morgan fingerprint density at radius 2 is 1.67 bits per heavy atom. The summed E-state index contributed by atoms with van der Waals surface area (Å²) in [7, 11) is 0. The lowest BCUT2D eigenvalue weighted by atomic mass is 9.90. The second-order valence-corrected chi connectivity index (χ2v) is 12.4. The third-order valence-electron chi connectivity index (χ3n) is 7.84. The Labute approximate surface area is 253 Å². The molecule has 5 unspecified atom stereocenters. The second-order valence-electron chi connectivity index (χ2n) is 12.4. The van der Waals surface area contributed by atoms with E-state index in [4.69, 9.17) is 19.3 Å². The number of ether oxygens (including phenoxy) is 3. The van der Waals surface area contributed by atoms with Crippen LogP contribution in [0.15, 0.2) is 48.5 Å². The van der Waals surface area contributed by atoms with Gasteiger partial charge in [-0.15, -0.1) is 0 Å². The molecule has 2 fully saturated rings. The van der Waals surface area contributed by atoms with Crippen molar-refractivity contribution in [3.8, 4) is 0 Å². The van der Waals surface area contributed by atoms with Gasteiger partial charge in [0.25, 0.3) is 0 Å². The minimum absolute atomic E-state index is 0.0412. The lowest BCUT2D eigenvalue weighted by Crippen LogP contribution is -2.48. The number of aliphatic carboxylic acids is 1. The number of carbonyl (C=O) groups is 3. The van der Waals surface area contributed by atoms with E-state index in [2.05, 4.69) is 17.1 Å². The molecule has 2 saturated heterocycles. The van der Waals surface area contributed by atoms with Crippen molar-refractivity contribution in [2.75, 3.05) is 18.4 Å². The fraction of sp³-hybridized carbons (Fsp3) is 0.545. The first-order valence-electron chi connectivity index (χ1n) is 15.0. The molecule has 0 spiro atoms. The van der Waals surface area contributed by atoms with Crippen LogP contribution in [0.1, 0.15) is 88.9 Å². The molecule has 0 bridgehead atoms. The van der Waals surface area contributed by atoms with Crippen molar-refractivity contribution in [1.29, 1.82) is 0 Å². The number of carboxylic acids is 1. The minimum atomic E-state index is -0.926. The monoisotopic (exact) mass is 596 g/mol. The van der Waals surface area contributed by atoms with E-state index in [0.717, 1.165) is 36.1 Å². The summed E-state index contributed by atoms with van der Waals surface area (Å²) in [6.07, 6.45) is 0.751. The predicted molar refractivity (Wildman–Crippen MR) is 160 cm³/mol. The second kappa shape index (κ2) is 14.4. The van der Waals surface area contributed by atoms with Gasteiger partial charge in [-0.1, -0.05) is 43.3 Å². The number of amides is 1. The predicted octanol–water partition coefficient (Wildman–Crippen LogP) is 4.97. The largest absolute Gasteiger partial charge is 0.481 e. The number of carbonyl (C=O) groups excluding carboxylic acids is 2. The van der Waals surface area contributed by atoms with Gasteiger partial charge in [0.15, 0.2) is 6.29 Å². The Hall–Kier alpha value is -3.31. The van der Waals surface area contributed by atoms with Gasteiger partial charge in [0, 0.05) is 36.6 Å². The maximum absolute atomic E-state index is 13.0. The molecule has 2 aliphatic rings. The van der Waals surface area contributed by atoms with E-state index in [-0.39, 0.29) is 61.9 Å². The minimum Gasteiger partial charge on any atom is -0.481 e. The van der Waals surface area contributed by atoms with Crippen LogP contribution < -0.4 is 5.32 Å². The molecule has 0 aromatic heterocycles. The third-order valence-corrected chi connectivity index (χ3v) is 7.84. The maximum Gasteiger partial charge on any atom is 0.323 e. The first-order chi connectivity index (χ1) is 20.4. The zero-order valence-corrected chi connectivity index (χ0v) is 25.5. The molecule has 10 heteroatoms. The summed E-state index contributed by atoms with van der Waals surface area (Å²) in [6.45, 7) is 9.00. The Kier molecular flexibility index (Phi) is 10.9. The number of hydrogen-bond donors (Lipinski definition) is 3. The molecule has 2 heterocycles. The van der Waals surface area contributed by atoms with Gasteiger partial charge in [-0.3, -0.25) is 19.3 Å². The van der Waals surface area contributed by atoms with Crippen LogP contribution in [0.5, 0.6) is 0 Å². The van der Waals surface area contributed by atoms with E-state index < -0.39 is 17.9 Å². The molecular formula is C33H44N2O8. The number of likely N-dealkylation sites (tertiary alicyclic amines) is 1. The molecule has 2 aliphatic heterocycles. The normalized spacial score (nSPS) is 24.4. The zero-order valence-electron chi connectivity index (χ0n) is 25.5. The van der Waals surface area contributed by atoms with Gasteiger partial charge in [0.1, 0.15) is 11.6 Å². The van der Waals surface area contributed by atoms with Gasteiger partial charge in [-0.25, -0.2) is 0 Å². The standard InChI is InChI=1S/C33H44N2O8/c1-21-27(19-35-18-6-7-26(35)31(40)43-33(2,3)4)41-32(42-30(21)23-12-10-22(20-36)11-13-23)24-14-16-25(17-15-24)34-28(37)8-5-9-29(38)39/h10-17,21,26-27,30,32,36H,5-9,18-20H2,1-4H3,(H,34,37)(H,38,39). The van der Waals surface area contributed by atoms with Crippen LogP contribution in [-0.2, 0) is 35.2 Å². The van der Waals surface area contributed by atoms with Crippen molar-refractivity contribution in [3.05, 3.63) is 65.2 Å². The van der Waals surface area contributed by atoms with Crippen LogP contribution in [0.25, 0.3) is 0 Å². The summed E-state index contributed by atoms with van der Waals surface area (Å²) < 4.78 is 18.8. The van der Waals surface area contributed by atoms with Crippen molar-refractivity contribution < 1.29 is 38.8 Å². The van der Waals surface area contributed by atoms with Crippen molar-refractivity contribution in [3.63, 3.8) is 0 Å². The number of hydrogen-bond acceptors (Lipinski definition) is 8. The molecule has 3 N–H and O–H groups in total. The number of aliphatic hydroxyl groups is 1. The summed E-state index contributed by atoms with van der Waals surface area (Å²) in [5.74, 6) is -1.42. The summed E-state index contributed by atoms with van der Waals surface area (Å²) in [5.41, 5.74) is 2.60. The number of aliphatic hydroxyl groups excluding tert-OH is 1. The highest BCUT2D eigenvalue weighted by Crippen LogP contribution is 2.42. The number of esters is 1. The topological polar surface area (TPSA) is 135 Å². The highest BCUT2D eigenvalue weighted by Gasteiger charge is 2.42. The van der Waals surface area contributed by atoms with E-state index in [9.17, 15) is 19.5 Å². The lowest BCUT2D eigenvalue weighted by molar-refractivity contribution is -0.276. The number of nitrogens with one attached hydrogen (secondary N) is 1. The van der Waals surface area contributed by atoms with Gasteiger partial charge in [0.05, 0.1) is 18.8 Å². The Morgan fingerprint density at radius 3 is 2.30 bits per heavy atom. The molecule has 2 aromatic carbocycles. The molecule has 234 valence electrons. The van der Waals surface area contributed by atoms with E-state index in [1.807, 2.05) is 57.2 Å². The lowest BCUT2D eigenvalue weighted by Gasteiger charge is -2.43. The van der Waals surface area contributed by atoms with Gasteiger partial charge in [-0.05, 0) is 69.8 Å². The average molecular weight is 597 g/mol. The molecule has 4 rings (SSSR count). The smallest absolute Gasteiger partial charge is 0.323 e. The van der Waals surface area contributed by atoms with Crippen LogP contribution in [0.4, 0.5) is 5.69 Å². The average Bonchev–Trinajstić information content (AvgIpc) is 3.42. The summed E-state index contributed by atoms with van der Waals surface area (Å²) in [4.78, 5) is 38.1. The van der Waals surface area contributed by atoms with Gasteiger partial charge in [-0.2, -0.15) is 0 Å². The molecule has 10 nitrogen and oxygen atoms in total. The highest BCUT2D eigenvalue weighted by atomic mass is 16.7.